The van der Waals surface area contributed by atoms with E-state index in [4.69, 9.17) is 209 Å². The van der Waals surface area contributed by atoms with Crippen molar-refractivity contribution in [1.29, 1.82) is 0 Å². The highest BCUT2D eigenvalue weighted by atomic mass is 35.6. The van der Waals surface area contributed by atoms with E-state index < -0.39 is 39.2 Å². The van der Waals surface area contributed by atoms with E-state index >= 15 is 0 Å². The zero-order chi connectivity index (χ0) is 29.4. The van der Waals surface area contributed by atoms with Gasteiger partial charge in [-0.2, -0.15) is 0 Å². The Bertz CT molecular complexity index is 963. The van der Waals surface area contributed by atoms with Crippen molar-refractivity contribution in [3.05, 3.63) is 34.9 Å². The fourth-order valence-electron chi connectivity index (χ4n) is 2.63. The Morgan fingerprint density at radius 1 is 0.472 bits per heavy atom. The summed E-state index contributed by atoms with van der Waals surface area (Å²) in [5, 5.41) is 10.8. The van der Waals surface area contributed by atoms with Gasteiger partial charge in [-0.15, -0.1) is 0 Å². The number of hydrogen-bond donors (Lipinski definition) is 1. The molecule has 0 aromatic heterocycles. The van der Waals surface area contributed by atoms with Crippen molar-refractivity contribution >= 4 is 209 Å². The van der Waals surface area contributed by atoms with E-state index in [9.17, 15) is 5.11 Å². The molecule has 0 aliphatic carbocycles. The predicted octanol–water partition coefficient (Wildman–Crippen LogP) is 12.6. The van der Waals surface area contributed by atoms with Gasteiger partial charge in [-0.05, 0) is 36.6 Å². The van der Waals surface area contributed by atoms with E-state index in [1.807, 2.05) is 0 Å². The summed E-state index contributed by atoms with van der Waals surface area (Å²) in [4.78, 5) is 0. The third-order valence-electron chi connectivity index (χ3n) is 4.67. The van der Waals surface area contributed by atoms with Gasteiger partial charge >= 0.3 is 0 Å². The van der Waals surface area contributed by atoms with Crippen LogP contribution in [0.15, 0.2) is 18.2 Å². The molecule has 1 rings (SSSR count). The molecular formula is C17H10Cl18O. The monoisotopic (exact) mass is 860 g/mol. The minimum absolute atomic E-state index is 0.0126. The fraction of sp³-hybridized carbons (Fsp3) is 0.647. The number of benzene rings is 1. The smallest absolute Gasteiger partial charge is 0.226 e. The van der Waals surface area contributed by atoms with E-state index in [2.05, 4.69) is 0 Å². The van der Waals surface area contributed by atoms with Gasteiger partial charge in [-0.25, -0.2) is 0 Å². The lowest BCUT2D eigenvalue weighted by Crippen LogP contribution is -2.56. The molecule has 1 aromatic carbocycles. The molecule has 0 saturated heterocycles. The maximum atomic E-state index is 10.8. The lowest BCUT2D eigenvalue weighted by Gasteiger charge is -2.46. The largest absolute Gasteiger partial charge is 0.386 e. The summed E-state index contributed by atoms with van der Waals surface area (Å²) in [5.74, 6) is 0. The molecule has 0 atom stereocenters. The van der Waals surface area contributed by atoms with Crippen molar-refractivity contribution < 1.29 is 5.11 Å². The van der Waals surface area contributed by atoms with Crippen molar-refractivity contribution in [3.63, 3.8) is 0 Å². The summed E-state index contributed by atoms with van der Waals surface area (Å²) in [6.45, 7) is 2.74. The Morgan fingerprint density at radius 2 is 0.806 bits per heavy atom. The van der Waals surface area contributed by atoms with E-state index in [1.165, 1.54) is 26.0 Å². The molecule has 0 bridgehead atoms. The van der Waals surface area contributed by atoms with Crippen LogP contribution in [0, 0.1) is 0 Å². The molecular weight excluding hydrogens is 858 g/mol. The molecule has 0 unspecified atom stereocenters. The van der Waals surface area contributed by atoms with Crippen molar-refractivity contribution in [3.8, 4) is 0 Å². The van der Waals surface area contributed by atoms with Gasteiger partial charge in [0, 0.05) is 0 Å². The third-order valence-corrected chi connectivity index (χ3v) is 15.6. The number of halogens is 18. The molecule has 0 saturated carbocycles. The van der Waals surface area contributed by atoms with Gasteiger partial charge in [0.25, 0.3) is 0 Å². The second kappa shape index (κ2) is 11.7. The van der Waals surface area contributed by atoms with E-state index in [-0.39, 0.29) is 16.7 Å². The minimum Gasteiger partial charge on any atom is -0.386 e. The Balaban J connectivity index is 4.05. The average molecular weight is 868 g/mol. The molecule has 0 aliphatic heterocycles. The van der Waals surface area contributed by atoms with Crippen LogP contribution in [0.3, 0.4) is 0 Å². The second-order valence-corrected chi connectivity index (χ2v) is 20.3. The summed E-state index contributed by atoms with van der Waals surface area (Å²) in [5.41, 5.74) is -2.12. The highest BCUT2D eigenvalue weighted by molar-refractivity contribution is 6.81. The molecule has 19 heteroatoms. The molecule has 210 valence electrons. The molecule has 0 heterocycles. The van der Waals surface area contributed by atoms with Gasteiger partial charge in [0.1, 0.15) is 0 Å². The molecule has 0 radical (unpaired) electrons. The van der Waals surface area contributed by atoms with Crippen molar-refractivity contribution in [2.45, 2.75) is 53.0 Å². The predicted molar refractivity (Wildman–Crippen MR) is 167 cm³/mol. The van der Waals surface area contributed by atoms with Gasteiger partial charge in [0.2, 0.25) is 16.3 Å². The maximum absolute atomic E-state index is 10.8. The Kier molecular flexibility index (Phi) is 12.5. The van der Waals surface area contributed by atoms with E-state index in [0.717, 1.165) is 6.07 Å². The number of alkyl halides is 18. The quantitative estimate of drug-likeness (QED) is 0.271. The first-order valence-corrected chi connectivity index (χ1v) is 15.4. The van der Waals surface area contributed by atoms with Crippen LogP contribution in [-0.2, 0) is 14.3 Å². The minimum atomic E-state index is -2.71. The van der Waals surface area contributed by atoms with Crippen LogP contribution >= 0.6 is 209 Å². The van der Waals surface area contributed by atoms with Crippen molar-refractivity contribution in [2.24, 2.45) is 0 Å². The summed E-state index contributed by atoms with van der Waals surface area (Å²) >= 11 is 112. The summed E-state index contributed by atoms with van der Waals surface area (Å²) < 4.78 is -20.7. The van der Waals surface area contributed by atoms with Crippen LogP contribution in [0.2, 0.25) is 0 Å². The van der Waals surface area contributed by atoms with Crippen LogP contribution in [0.4, 0.5) is 0 Å². The molecule has 1 N–H and O–H groups in total. The number of aliphatic hydroxyl groups is 1. The Morgan fingerprint density at radius 3 is 1.11 bits per heavy atom. The Hall–Kier alpha value is 4.40. The first-order chi connectivity index (χ1) is 15.3. The first kappa shape index (κ1) is 38.4. The molecule has 0 fully saturated rings. The third kappa shape index (κ3) is 6.72. The lowest BCUT2D eigenvalue weighted by atomic mass is 9.87. The van der Waals surface area contributed by atoms with Crippen LogP contribution in [0.5, 0.6) is 0 Å². The van der Waals surface area contributed by atoms with Gasteiger partial charge in [-0.1, -0.05) is 221 Å². The maximum Gasteiger partial charge on any atom is 0.226 e. The number of hydrogen-bond acceptors (Lipinski definition) is 1. The van der Waals surface area contributed by atoms with E-state index in [1.54, 1.807) is 0 Å². The van der Waals surface area contributed by atoms with Crippen molar-refractivity contribution in [2.75, 3.05) is 0 Å². The van der Waals surface area contributed by atoms with Crippen molar-refractivity contribution in [1.82, 2.24) is 0 Å². The van der Waals surface area contributed by atoms with Gasteiger partial charge in [-0.3, -0.25) is 0 Å². The fourth-order valence-corrected chi connectivity index (χ4v) is 7.12. The van der Waals surface area contributed by atoms with Crippen LogP contribution < -0.4 is 0 Å². The van der Waals surface area contributed by atoms with Crippen LogP contribution in [0.25, 0.3) is 0 Å². The zero-order valence-corrected chi connectivity index (χ0v) is 30.6. The SMILES string of the molecule is CC(C)(O)c1ccc(C(Cl)(Cl)C(Cl)(Cl)C(Cl)(Cl)C(Cl)(Cl)Cl)cc1C(Cl)(Cl)C(Cl)(Cl)C(Cl)(Cl)C(Cl)(Cl)Cl. The number of rotatable bonds is 7. The standard InChI is InChI=1S/C17H10Cl18O/c1-9(2,36)7-4-3-6(10(18,19)12(22,23)14(26,27)16(30,31)32)5-8(7)11(20,21)13(24,25)15(28,29)17(33,34)35/h3-5,36H,1-2H3. The van der Waals surface area contributed by atoms with Gasteiger partial charge < -0.3 is 5.11 Å². The van der Waals surface area contributed by atoms with E-state index in [0.29, 0.717) is 0 Å². The molecule has 0 aliphatic rings. The molecule has 1 nitrogen and oxygen atoms in total. The lowest BCUT2D eigenvalue weighted by molar-refractivity contribution is 0.0772. The topological polar surface area (TPSA) is 20.2 Å². The average Bonchev–Trinajstić information content (AvgIpc) is 2.64. The highest BCUT2D eigenvalue weighted by Gasteiger charge is 2.70. The van der Waals surface area contributed by atoms with Crippen LogP contribution in [-0.4, -0.2) is 30.0 Å². The molecule has 0 amide bonds. The summed E-state index contributed by atoms with van der Waals surface area (Å²) in [6, 6.07) is 3.63. The summed E-state index contributed by atoms with van der Waals surface area (Å²) in [7, 11) is 0. The normalized spacial score (nSPS) is 15.9. The van der Waals surface area contributed by atoms with Crippen LogP contribution in [0.1, 0.15) is 30.5 Å². The van der Waals surface area contributed by atoms with Gasteiger partial charge in [0.05, 0.1) is 5.60 Å². The zero-order valence-electron chi connectivity index (χ0n) is 17.0. The molecule has 0 spiro atoms. The second-order valence-electron chi connectivity index (χ2n) is 7.76. The molecule has 1 aromatic rings. The Labute approximate surface area is 298 Å². The molecule has 36 heavy (non-hydrogen) atoms. The highest BCUT2D eigenvalue weighted by Crippen LogP contribution is 2.68. The van der Waals surface area contributed by atoms with Gasteiger partial charge in [0.15, 0.2) is 17.3 Å². The summed E-state index contributed by atoms with van der Waals surface area (Å²) in [6.07, 6.45) is 0. The first-order valence-electron chi connectivity index (χ1n) is 8.61.